The van der Waals surface area contributed by atoms with Gasteiger partial charge in [0.15, 0.2) is 5.82 Å². The minimum absolute atomic E-state index is 0.350. The smallest absolute Gasteiger partial charge is 0.158 e. The van der Waals surface area contributed by atoms with Crippen LogP contribution in [0.4, 0.5) is 17.2 Å². The Morgan fingerprint density at radius 2 is 2.11 bits per heavy atom. The second kappa shape index (κ2) is 7.13. The number of nitrogens with zero attached hydrogens (tertiary/aromatic N) is 4. The molecular weight excluding hydrogens is 364 g/mol. The van der Waals surface area contributed by atoms with Crippen molar-refractivity contribution in [2.24, 2.45) is 0 Å². The number of hydrogen-bond donors (Lipinski definition) is 2. The van der Waals surface area contributed by atoms with Crippen molar-refractivity contribution in [2.75, 3.05) is 11.1 Å². The molecule has 0 saturated heterocycles. The molecule has 0 fully saturated rings. The number of aromatic nitrogens is 4. The van der Waals surface area contributed by atoms with Crippen molar-refractivity contribution < 1.29 is 4.74 Å². The first-order valence-corrected chi connectivity index (χ1v) is 8.67. The topological polar surface area (TPSA) is 90.4 Å². The number of nitrogens with two attached hydrogens (primary N) is 1. The van der Waals surface area contributed by atoms with Gasteiger partial charge in [0.05, 0.1) is 22.6 Å². The fourth-order valence-electron chi connectivity index (χ4n) is 2.74. The van der Waals surface area contributed by atoms with Crippen LogP contribution in [0, 0.1) is 6.92 Å². The third kappa shape index (κ3) is 3.50. The van der Waals surface area contributed by atoms with Gasteiger partial charge in [0.2, 0.25) is 0 Å². The summed E-state index contributed by atoms with van der Waals surface area (Å²) in [5.74, 6) is 1.24. The van der Waals surface area contributed by atoms with E-state index in [0.717, 1.165) is 22.5 Å². The van der Waals surface area contributed by atoms with Gasteiger partial charge in [0.25, 0.3) is 0 Å². The number of rotatable bonds is 5. The zero-order chi connectivity index (χ0) is 18.8. The largest absolute Gasteiger partial charge is 0.486 e. The fraction of sp³-hybridized carbons (Fsp3) is 0.105. The number of aryl methyl sites for hydroxylation is 1. The monoisotopic (exact) mass is 380 g/mol. The number of pyridine rings is 1. The van der Waals surface area contributed by atoms with E-state index in [-0.39, 0.29) is 0 Å². The lowest BCUT2D eigenvalue weighted by molar-refractivity contribution is 0.301. The molecule has 0 unspecified atom stereocenters. The summed E-state index contributed by atoms with van der Waals surface area (Å²) < 4.78 is 7.45. The Morgan fingerprint density at radius 3 is 2.89 bits per heavy atom. The summed E-state index contributed by atoms with van der Waals surface area (Å²) in [6.07, 6.45) is 4.96. The minimum Gasteiger partial charge on any atom is -0.486 e. The maximum Gasteiger partial charge on any atom is 0.158 e. The van der Waals surface area contributed by atoms with Gasteiger partial charge in [0, 0.05) is 17.4 Å². The van der Waals surface area contributed by atoms with Gasteiger partial charge in [-0.25, -0.2) is 9.50 Å². The summed E-state index contributed by atoms with van der Waals surface area (Å²) in [5.41, 5.74) is 10.00. The Morgan fingerprint density at radius 1 is 1.22 bits per heavy atom. The molecular formula is C19H17ClN6O. The standard InChI is InChI=1S/C19H17ClN6O/c1-12-16(21)9-26-18(12)19(23-11-24-26)25-13-5-6-17(15(20)8-13)27-10-14-4-2-3-7-22-14/h2-9,11H,10,21H2,1H3,(H,23,24,25). The van der Waals surface area contributed by atoms with Crippen LogP contribution >= 0.6 is 11.6 Å². The maximum absolute atomic E-state index is 6.37. The Labute approximate surface area is 160 Å². The summed E-state index contributed by atoms with van der Waals surface area (Å²) in [6.45, 7) is 2.28. The van der Waals surface area contributed by atoms with E-state index < -0.39 is 0 Å². The first-order chi connectivity index (χ1) is 13.1. The third-order valence-corrected chi connectivity index (χ3v) is 4.46. The second-order valence-corrected chi connectivity index (χ2v) is 6.40. The lowest BCUT2D eigenvalue weighted by atomic mass is 10.2. The molecule has 3 N–H and O–H groups in total. The lowest BCUT2D eigenvalue weighted by Gasteiger charge is -2.11. The quantitative estimate of drug-likeness (QED) is 0.544. The van der Waals surface area contributed by atoms with Crippen LogP contribution < -0.4 is 15.8 Å². The van der Waals surface area contributed by atoms with Crippen LogP contribution in [-0.4, -0.2) is 19.6 Å². The van der Waals surface area contributed by atoms with Gasteiger partial charge in [-0.05, 0) is 37.3 Å². The number of ether oxygens (including phenoxy) is 1. The van der Waals surface area contributed by atoms with Crippen molar-refractivity contribution in [3.05, 3.63) is 71.4 Å². The van der Waals surface area contributed by atoms with Crippen LogP contribution in [0.3, 0.4) is 0 Å². The van der Waals surface area contributed by atoms with E-state index in [1.807, 2.05) is 37.3 Å². The molecule has 0 spiro atoms. The maximum atomic E-state index is 6.37. The fourth-order valence-corrected chi connectivity index (χ4v) is 2.97. The molecule has 136 valence electrons. The molecule has 27 heavy (non-hydrogen) atoms. The van der Waals surface area contributed by atoms with E-state index in [2.05, 4.69) is 20.4 Å². The van der Waals surface area contributed by atoms with Crippen molar-refractivity contribution in [1.82, 2.24) is 19.6 Å². The van der Waals surface area contributed by atoms with Gasteiger partial charge in [-0.3, -0.25) is 4.98 Å². The number of hydrogen-bond acceptors (Lipinski definition) is 6. The highest BCUT2D eigenvalue weighted by Crippen LogP contribution is 2.31. The van der Waals surface area contributed by atoms with E-state index in [1.54, 1.807) is 23.0 Å². The normalized spacial score (nSPS) is 10.9. The molecule has 7 nitrogen and oxygen atoms in total. The predicted molar refractivity (Wildman–Crippen MR) is 105 cm³/mol. The number of benzene rings is 1. The molecule has 0 radical (unpaired) electrons. The summed E-state index contributed by atoms with van der Waals surface area (Å²) in [6, 6.07) is 11.1. The van der Waals surface area contributed by atoms with Crippen molar-refractivity contribution in [3.63, 3.8) is 0 Å². The molecule has 0 bridgehead atoms. The number of anilines is 3. The first-order valence-electron chi connectivity index (χ1n) is 8.29. The van der Waals surface area contributed by atoms with E-state index in [4.69, 9.17) is 22.1 Å². The molecule has 0 aliphatic heterocycles. The number of halogens is 1. The molecule has 3 heterocycles. The molecule has 3 aromatic heterocycles. The van der Waals surface area contributed by atoms with E-state index in [0.29, 0.717) is 28.9 Å². The highest BCUT2D eigenvalue weighted by molar-refractivity contribution is 6.32. The van der Waals surface area contributed by atoms with Gasteiger partial charge >= 0.3 is 0 Å². The Bertz CT molecular complexity index is 1100. The van der Waals surface area contributed by atoms with E-state index in [9.17, 15) is 0 Å². The van der Waals surface area contributed by atoms with Crippen molar-refractivity contribution in [3.8, 4) is 5.75 Å². The number of fused-ring (bicyclic) bond motifs is 1. The molecule has 0 aliphatic rings. The second-order valence-electron chi connectivity index (χ2n) is 5.99. The summed E-state index contributed by atoms with van der Waals surface area (Å²) in [5, 5.41) is 7.94. The van der Waals surface area contributed by atoms with Crippen LogP contribution in [0.2, 0.25) is 5.02 Å². The van der Waals surface area contributed by atoms with Crippen molar-refractivity contribution in [2.45, 2.75) is 13.5 Å². The Hall–Kier alpha value is -3.32. The zero-order valence-corrected chi connectivity index (χ0v) is 15.3. The van der Waals surface area contributed by atoms with Crippen LogP contribution in [0.25, 0.3) is 5.52 Å². The average Bonchev–Trinajstić information content (AvgIpc) is 2.97. The van der Waals surface area contributed by atoms with E-state index in [1.165, 1.54) is 6.33 Å². The zero-order valence-electron chi connectivity index (χ0n) is 14.6. The molecule has 4 rings (SSSR count). The molecule has 0 atom stereocenters. The first kappa shape index (κ1) is 17.1. The van der Waals surface area contributed by atoms with Gasteiger partial charge in [0.1, 0.15) is 24.2 Å². The highest BCUT2D eigenvalue weighted by Gasteiger charge is 2.12. The summed E-state index contributed by atoms with van der Waals surface area (Å²) in [4.78, 5) is 8.55. The summed E-state index contributed by atoms with van der Waals surface area (Å²) >= 11 is 6.37. The van der Waals surface area contributed by atoms with Crippen LogP contribution in [0.1, 0.15) is 11.3 Å². The van der Waals surface area contributed by atoms with Crippen LogP contribution in [0.5, 0.6) is 5.75 Å². The van der Waals surface area contributed by atoms with Gasteiger partial charge in [-0.1, -0.05) is 17.7 Å². The molecule has 0 saturated carbocycles. The molecule has 1 aromatic carbocycles. The molecule has 8 heteroatoms. The number of nitrogen functional groups attached to an aromatic ring is 1. The third-order valence-electron chi connectivity index (χ3n) is 4.16. The highest BCUT2D eigenvalue weighted by atomic mass is 35.5. The molecule has 0 aliphatic carbocycles. The average molecular weight is 381 g/mol. The van der Waals surface area contributed by atoms with Gasteiger partial charge in [-0.2, -0.15) is 5.10 Å². The molecule has 4 aromatic rings. The lowest BCUT2D eigenvalue weighted by Crippen LogP contribution is -2.01. The molecule has 0 amide bonds. The Kier molecular flexibility index (Phi) is 4.52. The SMILES string of the molecule is Cc1c(N)cn2ncnc(Nc3ccc(OCc4ccccn4)c(Cl)c3)c12. The van der Waals surface area contributed by atoms with Gasteiger partial charge in [-0.15, -0.1) is 0 Å². The van der Waals surface area contributed by atoms with Crippen molar-refractivity contribution >= 4 is 34.3 Å². The minimum atomic E-state index is 0.350. The van der Waals surface area contributed by atoms with Crippen molar-refractivity contribution in [1.29, 1.82) is 0 Å². The summed E-state index contributed by atoms with van der Waals surface area (Å²) in [7, 11) is 0. The Balaban J connectivity index is 1.55. The van der Waals surface area contributed by atoms with E-state index >= 15 is 0 Å². The van der Waals surface area contributed by atoms with Crippen LogP contribution in [0.15, 0.2) is 55.1 Å². The van der Waals surface area contributed by atoms with Gasteiger partial charge < -0.3 is 15.8 Å². The number of nitrogens with one attached hydrogen (secondary N) is 1. The predicted octanol–water partition coefficient (Wildman–Crippen LogP) is 3.99. The van der Waals surface area contributed by atoms with Crippen LogP contribution in [-0.2, 0) is 6.61 Å².